The molecule has 0 radical (unpaired) electrons. The van der Waals surface area contributed by atoms with Crippen LogP contribution in [0.25, 0.3) is 0 Å². The predicted octanol–water partition coefficient (Wildman–Crippen LogP) is 6.13. The molecule has 0 saturated heterocycles. The minimum Gasteiger partial charge on any atom is -0.494 e. The third kappa shape index (κ3) is 4.93. The molecule has 2 aromatic carbocycles. The van der Waals surface area contributed by atoms with Crippen molar-refractivity contribution in [3.05, 3.63) is 59.1 Å². The van der Waals surface area contributed by atoms with Crippen LogP contribution in [-0.2, 0) is 4.79 Å². The fourth-order valence-corrected chi connectivity index (χ4v) is 4.99. The van der Waals surface area contributed by atoms with E-state index in [1.807, 2.05) is 48.3 Å². The van der Waals surface area contributed by atoms with Crippen molar-refractivity contribution >= 4 is 28.9 Å². The highest BCUT2D eigenvalue weighted by Crippen LogP contribution is 2.42. The zero-order valence-corrected chi connectivity index (χ0v) is 19.6. The third-order valence-corrected chi connectivity index (χ3v) is 6.76. The van der Waals surface area contributed by atoms with Gasteiger partial charge in [0.1, 0.15) is 11.5 Å². The lowest BCUT2D eigenvalue weighted by Gasteiger charge is -2.27. The number of carbonyl (C=O) groups excluding carboxylic acids is 1. The summed E-state index contributed by atoms with van der Waals surface area (Å²) in [6, 6.07) is 15.8. The van der Waals surface area contributed by atoms with Crippen molar-refractivity contribution in [2.75, 3.05) is 11.6 Å². The van der Waals surface area contributed by atoms with Crippen molar-refractivity contribution in [1.29, 1.82) is 0 Å². The van der Waals surface area contributed by atoms with Gasteiger partial charge in [0, 0.05) is 12.0 Å². The summed E-state index contributed by atoms with van der Waals surface area (Å²) in [6.45, 7) is 4.67. The highest BCUT2D eigenvalue weighted by Gasteiger charge is 2.40. The Morgan fingerprint density at radius 3 is 2.44 bits per heavy atom. The lowest BCUT2D eigenvalue weighted by Crippen LogP contribution is -2.40. The first kappa shape index (κ1) is 22.7. The van der Waals surface area contributed by atoms with E-state index in [1.54, 1.807) is 0 Å². The first-order valence-electron chi connectivity index (χ1n) is 11.7. The quantitative estimate of drug-likeness (QED) is 0.535. The molecule has 2 atom stereocenters. The van der Waals surface area contributed by atoms with Gasteiger partial charge in [0.25, 0.3) is 5.91 Å². The minimum absolute atomic E-state index is 0.0603. The SMILES string of the molecule is CCOc1ccc([C@@H]2[C@H](C)C(C(=O)NC3CCCCCC3)=NN2c2ccccc2Cl)cc1. The molecule has 170 valence electrons. The maximum atomic E-state index is 13.3. The number of ether oxygens (including phenoxy) is 1. The maximum Gasteiger partial charge on any atom is 0.268 e. The van der Waals surface area contributed by atoms with Crippen LogP contribution in [0.4, 0.5) is 5.69 Å². The number of halogens is 1. The lowest BCUT2D eigenvalue weighted by atomic mass is 9.90. The van der Waals surface area contributed by atoms with Gasteiger partial charge in [-0.2, -0.15) is 5.10 Å². The van der Waals surface area contributed by atoms with Crippen LogP contribution in [0.5, 0.6) is 5.75 Å². The van der Waals surface area contributed by atoms with E-state index in [2.05, 4.69) is 24.4 Å². The molecule has 2 aromatic rings. The van der Waals surface area contributed by atoms with Gasteiger partial charge < -0.3 is 10.1 Å². The number of amides is 1. The molecule has 2 aliphatic rings. The van der Waals surface area contributed by atoms with Crippen molar-refractivity contribution in [2.24, 2.45) is 11.0 Å². The van der Waals surface area contributed by atoms with Crippen LogP contribution in [0.2, 0.25) is 5.02 Å². The number of anilines is 1. The van der Waals surface area contributed by atoms with Gasteiger partial charge >= 0.3 is 0 Å². The van der Waals surface area contributed by atoms with Crippen LogP contribution in [0.15, 0.2) is 53.6 Å². The highest BCUT2D eigenvalue weighted by molar-refractivity contribution is 6.40. The van der Waals surface area contributed by atoms with Gasteiger partial charge in [-0.3, -0.25) is 9.80 Å². The molecule has 1 saturated carbocycles. The van der Waals surface area contributed by atoms with E-state index in [4.69, 9.17) is 21.4 Å². The van der Waals surface area contributed by atoms with Crippen LogP contribution in [-0.4, -0.2) is 24.3 Å². The molecule has 1 amide bonds. The van der Waals surface area contributed by atoms with Gasteiger partial charge in [-0.15, -0.1) is 0 Å². The Kier molecular flexibility index (Phi) is 7.36. The van der Waals surface area contributed by atoms with E-state index in [9.17, 15) is 4.79 Å². The second-order valence-corrected chi connectivity index (χ2v) is 9.09. The first-order chi connectivity index (χ1) is 15.6. The molecule has 1 aliphatic heterocycles. The zero-order chi connectivity index (χ0) is 22.5. The van der Waals surface area contributed by atoms with E-state index in [1.165, 1.54) is 25.7 Å². The van der Waals surface area contributed by atoms with Crippen molar-refractivity contribution in [3.63, 3.8) is 0 Å². The Bertz CT molecular complexity index is 952. The average molecular weight is 454 g/mol. The Hall–Kier alpha value is -2.53. The summed E-state index contributed by atoms with van der Waals surface area (Å²) in [7, 11) is 0. The Balaban J connectivity index is 1.63. The molecule has 0 unspecified atom stereocenters. The largest absolute Gasteiger partial charge is 0.494 e. The highest BCUT2D eigenvalue weighted by atomic mass is 35.5. The summed E-state index contributed by atoms with van der Waals surface area (Å²) in [5.74, 6) is 0.684. The second-order valence-electron chi connectivity index (χ2n) is 8.68. The topological polar surface area (TPSA) is 53.9 Å². The van der Waals surface area contributed by atoms with Crippen LogP contribution in [0, 0.1) is 5.92 Å². The molecule has 1 heterocycles. The van der Waals surface area contributed by atoms with Crippen molar-refractivity contribution < 1.29 is 9.53 Å². The molecule has 6 heteroatoms. The average Bonchev–Trinajstić information content (AvgIpc) is 2.95. The summed E-state index contributed by atoms with van der Waals surface area (Å²) in [5.41, 5.74) is 2.44. The number of hydrogen-bond acceptors (Lipinski definition) is 4. The standard InChI is InChI=1S/C26H32ClN3O2/c1-3-32-21-16-14-19(15-17-21)25-18(2)24(26(31)28-20-10-6-4-5-7-11-20)29-30(25)23-13-9-8-12-22(23)27/h8-9,12-18,20,25H,3-7,10-11H2,1-2H3,(H,28,31)/t18-,25+/m1/s1. The van der Waals surface area contributed by atoms with Crippen LogP contribution in [0.1, 0.15) is 64.0 Å². The molecule has 4 rings (SSSR count). The number of nitrogens with zero attached hydrogens (tertiary/aromatic N) is 2. The molecule has 5 nitrogen and oxygen atoms in total. The van der Waals surface area contributed by atoms with Gasteiger partial charge in [-0.05, 0) is 49.6 Å². The predicted molar refractivity (Wildman–Crippen MR) is 131 cm³/mol. The van der Waals surface area contributed by atoms with Gasteiger partial charge in [0.2, 0.25) is 0 Å². The summed E-state index contributed by atoms with van der Waals surface area (Å²) < 4.78 is 5.61. The Morgan fingerprint density at radius 1 is 1.09 bits per heavy atom. The number of benzene rings is 2. The second kappa shape index (κ2) is 10.4. The van der Waals surface area contributed by atoms with Gasteiger partial charge in [-0.25, -0.2) is 0 Å². The number of rotatable bonds is 6. The summed E-state index contributed by atoms with van der Waals surface area (Å²) in [6.07, 6.45) is 6.95. The molecule has 32 heavy (non-hydrogen) atoms. The van der Waals surface area contributed by atoms with Crippen LogP contribution >= 0.6 is 11.6 Å². The molecular weight excluding hydrogens is 422 g/mol. The summed E-state index contributed by atoms with van der Waals surface area (Å²) in [4.78, 5) is 13.3. The number of carbonyl (C=O) groups is 1. The van der Waals surface area contributed by atoms with E-state index < -0.39 is 0 Å². The Morgan fingerprint density at radius 2 is 1.78 bits per heavy atom. The molecule has 0 aromatic heterocycles. The van der Waals surface area contributed by atoms with Crippen molar-refractivity contribution in [3.8, 4) is 5.75 Å². The monoisotopic (exact) mass is 453 g/mol. The smallest absolute Gasteiger partial charge is 0.268 e. The van der Waals surface area contributed by atoms with Gasteiger partial charge in [0.05, 0.1) is 23.4 Å². The molecule has 0 spiro atoms. The van der Waals surface area contributed by atoms with Crippen molar-refractivity contribution in [2.45, 2.75) is 64.5 Å². The number of hydrazone groups is 1. The number of hydrogen-bond donors (Lipinski definition) is 1. The van der Waals surface area contributed by atoms with Gasteiger partial charge in [0.15, 0.2) is 0 Å². The van der Waals surface area contributed by atoms with E-state index in [0.717, 1.165) is 29.8 Å². The fraction of sp³-hybridized carbons (Fsp3) is 0.462. The van der Waals surface area contributed by atoms with Crippen molar-refractivity contribution in [1.82, 2.24) is 5.32 Å². The van der Waals surface area contributed by atoms with Crippen LogP contribution in [0.3, 0.4) is 0 Å². The molecule has 1 aliphatic carbocycles. The molecule has 1 N–H and O–H groups in total. The summed E-state index contributed by atoms with van der Waals surface area (Å²) in [5, 5.41) is 10.6. The normalized spacial score (nSPS) is 21.7. The molecular formula is C26H32ClN3O2. The van der Waals surface area contributed by atoms with Crippen LogP contribution < -0.4 is 15.1 Å². The van der Waals surface area contributed by atoms with E-state index in [-0.39, 0.29) is 23.9 Å². The van der Waals surface area contributed by atoms with E-state index in [0.29, 0.717) is 17.3 Å². The Labute approximate surface area is 195 Å². The third-order valence-electron chi connectivity index (χ3n) is 6.44. The number of nitrogens with one attached hydrogen (secondary N) is 1. The first-order valence-corrected chi connectivity index (χ1v) is 12.1. The number of para-hydroxylation sites is 1. The van der Waals surface area contributed by atoms with E-state index >= 15 is 0 Å². The fourth-order valence-electron chi connectivity index (χ4n) is 4.76. The maximum absolute atomic E-state index is 13.3. The lowest BCUT2D eigenvalue weighted by molar-refractivity contribution is -0.115. The van der Waals surface area contributed by atoms with Gasteiger partial charge in [-0.1, -0.05) is 68.5 Å². The zero-order valence-electron chi connectivity index (χ0n) is 18.9. The molecule has 0 bridgehead atoms. The summed E-state index contributed by atoms with van der Waals surface area (Å²) >= 11 is 6.54. The minimum atomic E-state index is -0.125. The molecule has 1 fully saturated rings.